The van der Waals surface area contributed by atoms with Crippen molar-refractivity contribution in [1.29, 1.82) is 0 Å². The third kappa shape index (κ3) is 2.98. The number of hydrogen-bond acceptors (Lipinski definition) is 3. The van der Waals surface area contributed by atoms with Gasteiger partial charge in [0.25, 0.3) is 0 Å². The van der Waals surface area contributed by atoms with Crippen LogP contribution in [0.3, 0.4) is 0 Å². The van der Waals surface area contributed by atoms with Gasteiger partial charge in [-0.1, -0.05) is 48.6 Å². The molecule has 1 N–H and O–H groups in total. The van der Waals surface area contributed by atoms with E-state index in [0.717, 1.165) is 10.4 Å². The Labute approximate surface area is 104 Å². The Bertz CT molecular complexity index is 475. The molecule has 0 saturated heterocycles. The molecule has 1 aromatic carbocycles. The van der Waals surface area contributed by atoms with Crippen molar-refractivity contribution >= 4 is 34.8 Å². The van der Waals surface area contributed by atoms with Gasteiger partial charge in [-0.2, -0.15) is 5.10 Å². The molecule has 0 saturated carbocycles. The van der Waals surface area contributed by atoms with Crippen LogP contribution in [0.2, 0.25) is 0 Å². The summed E-state index contributed by atoms with van der Waals surface area (Å²) in [4.78, 5) is 1.73. The predicted octanol–water partition coefficient (Wildman–Crippen LogP) is 3.05. The summed E-state index contributed by atoms with van der Waals surface area (Å²) in [6.07, 6.45) is 1.76. The number of nitrogens with zero attached hydrogens (tertiary/aromatic N) is 1. The maximum Gasteiger partial charge on any atom is 0.126 e. The Morgan fingerprint density at radius 1 is 1.19 bits per heavy atom. The topological polar surface area (TPSA) is 24.4 Å². The van der Waals surface area contributed by atoms with Crippen LogP contribution in [0.15, 0.2) is 52.9 Å². The molecule has 2 aromatic rings. The van der Waals surface area contributed by atoms with Gasteiger partial charge in [0.2, 0.25) is 0 Å². The molecule has 0 bridgehead atoms. The Morgan fingerprint density at radius 3 is 2.69 bits per heavy atom. The second kappa shape index (κ2) is 5.53. The van der Waals surface area contributed by atoms with Crippen LogP contribution >= 0.6 is 23.6 Å². The number of hydrazone groups is 1. The SMILES string of the molecule is S=C(NN=Cc1cccs1)c1ccccc1. The van der Waals surface area contributed by atoms with Crippen LogP contribution in [0, 0.1) is 0 Å². The highest BCUT2D eigenvalue weighted by Crippen LogP contribution is 2.04. The van der Waals surface area contributed by atoms with Gasteiger partial charge < -0.3 is 0 Å². The summed E-state index contributed by atoms with van der Waals surface area (Å²) in [5, 5.41) is 6.10. The highest BCUT2D eigenvalue weighted by atomic mass is 32.1. The number of nitrogens with one attached hydrogen (secondary N) is 1. The number of hydrogen-bond donors (Lipinski definition) is 1. The molecule has 2 rings (SSSR count). The van der Waals surface area contributed by atoms with Crippen LogP contribution < -0.4 is 5.43 Å². The molecule has 0 amide bonds. The average Bonchev–Trinajstić information content (AvgIpc) is 2.83. The minimum atomic E-state index is 0.633. The quantitative estimate of drug-likeness (QED) is 0.511. The molecule has 1 aromatic heterocycles. The smallest absolute Gasteiger partial charge is 0.126 e. The molecule has 2 nitrogen and oxygen atoms in total. The number of thiocarbonyl (C=S) groups is 1. The van der Waals surface area contributed by atoms with Crippen LogP contribution in [-0.2, 0) is 0 Å². The lowest BCUT2D eigenvalue weighted by molar-refractivity contribution is 1.06. The lowest BCUT2D eigenvalue weighted by Gasteiger charge is -2.01. The highest BCUT2D eigenvalue weighted by Gasteiger charge is 1.96. The normalized spacial score (nSPS) is 10.5. The van der Waals surface area contributed by atoms with Gasteiger partial charge in [-0.05, 0) is 11.4 Å². The molecule has 0 radical (unpaired) electrons. The predicted molar refractivity (Wildman–Crippen MR) is 73.2 cm³/mol. The van der Waals surface area contributed by atoms with Gasteiger partial charge in [0.05, 0.1) is 6.21 Å². The van der Waals surface area contributed by atoms with Crippen molar-refractivity contribution in [2.24, 2.45) is 5.10 Å². The fraction of sp³-hybridized carbons (Fsp3) is 0. The zero-order valence-corrected chi connectivity index (χ0v) is 10.1. The molecular formula is C12H10N2S2. The third-order valence-corrected chi connectivity index (χ3v) is 3.07. The zero-order valence-electron chi connectivity index (χ0n) is 8.46. The average molecular weight is 246 g/mol. The van der Waals surface area contributed by atoms with Gasteiger partial charge in [-0.25, -0.2) is 0 Å². The Hall–Kier alpha value is -1.52. The first-order valence-corrected chi connectivity index (χ1v) is 6.07. The van der Waals surface area contributed by atoms with Gasteiger partial charge in [-0.15, -0.1) is 11.3 Å². The number of thiophene rings is 1. The van der Waals surface area contributed by atoms with Crippen molar-refractivity contribution in [2.75, 3.05) is 0 Å². The van der Waals surface area contributed by atoms with E-state index < -0.39 is 0 Å². The fourth-order valence-corrected chi connectivity index (χ4v) is 1.95. The number of rotatable bonds is 3. The zero-order chi connectivity index (χ0) is 11.2. The molecule has 16 heavy (non-hydrogen) atoms. The third-order valence-electron chi connectivity index (χ3n) is 1.94. The molecule has 0 aliphatic rings. The van der Waals surface area contributed by atoms with Gasteiger partial charge in [-0.3, -0.25) is 5.43 Å². The summed E-state index contributed by atoms with van der Waals surface area (Å²) in [5.41, 5.74) is 3.82. The van der Waals surface area contributed by atoms with Crippen molar-refractivity contribution in [1.82, 2.24) is 5.43 Å². The summed E-state index contributed by atoms with van der Waals surface area (Å²) in [5.74, 6) is 0. The molecule has 80 valence electrons. The van der Waals surface area contributed by atoms with Gasteiger partial charge in [0.15, 0.2) is 0 Å². The second-order valence-corrected chi connectivity index (χ2v) is 4.47. The van der Waals surface area contributed by atoms with Crippen LogP contribution in [0.5, 0.6) is 0 Å². The fourth-order valence-electron chi connectivity index (χ4n) is 1.17. The summed E-state index contributed by atoms with van der Waals surface area (Å²) in [6.45, 7) is 0. The van der Waals surface area contributed by atoms with Crippen LogP contribution in [0.4, 0.5) is 0 Å². The molecule has 0 aliphatic carbocycles. The van der Waals surface area contributed by atoms with Gasteiger partial charge in [0.1, 0.15) is 4.99 Å². The summed E-state index contributed by atoms with van der Waals surface area (Å²) in [6, 6.07) is 13.8. The summed E-state index contributed by atoms with van der Waals surface area (Å²) < 4.78 is 0. The van der Waals surface area contributed by atoms with E-state index in [-0.39, 0.29) is 0 Å². The van der Waals surface area contributed by atoms with Crippen LogP contribution in [-0.4, -0.2) is 11.2 Å². The lowest BCUT2D eigenvalue weighted by atomic mass is 10.2. The largest absolute Gasteiger partial charge is 0.267 e. The molecule has 0 fully saturated rings. The van der Waals surface area contributed by atoms with Gasteiger partial charge in [0, 0.05) is 10.4 Å². The van der Waals surface area contributed by atoms with E-state index in [1.165, 1.54) is 0 Å². The first-order valence-electron chi connectivity index (χ1n) is 4.78. The maximum absolute atomic E-state index is 5.19. The van der Waals surface area contributed by atoms with E-state index in [4.69, 9.17) is 12.2 Å². The molecule has 0 atom stereocenters. The minimum absolute atomic E-state index is 0.633. The molecule has 1 heterocycles. The van der Waals surface area contributed by atoms with Crippen LogP contribution in [0.1, 0.15) is 10.4 Å². The van der Waals surface area contributed by atoms with Crippen LogP contribution in [0.25, 0.3) is 0 Å². The van der Waals surface area contributed by atoms with E-state index in [1.54, 1.807) is 17.6 Å². The minimum Gasteiger partial charge on any atom is -0.267 e. The summed E-state index contributed by atoms with van der Waals surface area (Å²) >= 11 is 6.83. The van der Waals surface area contributed by atoms with E-state index in [9.17, 15) is 0 Å². The van der Waals surface area contributed by atoms with E-state index in [2.05, 4.69) is 10.5 Å². The molecule has 0 aliphatic heterocycles. The monoisotopic (exact) mass is 246 g/mol. The maximum atomic E-state index is 5.19. The molecule has 4 heteroatoms. The molecule has 0 unspecified atom stereocenters. The lowest BCUT2D eigenvalue weighted by Crippen LogP contribution is -2.15. The number of benzene rings is 1. The first kappa shape index (κ1) is 11.0. The van der Waals surface area contributed by atoms with Crippen molar-refractivity contribution in [3.8, 4) is 0 Å². The van der Waals surface area contributed by atoms with E-state index in [1.807, 2.05) is 47.8 Å². The van der Waals surface area contributed by atoms with Crippen molar-refractivity contribution in [3.05, 3.63) is 58.3 Å². The van der Waals surface area contributed by atoms with Gasteiger partial charge >= 0.3 is 0 Å². The van der Waals surface area contributed by atoms with E-state index in [0.29, 0.717) is 4.99 Å². The van der Waals surface area contributed by atoms with Crippen molar-refractivity contribution in [2.45, 2.75) is 0 Å². The first-order chi connectivity index (χ1) is 7.86. The summed E-state index contributed by atoms with van der Waals surface area (Å²) in [7, 11) is 0. The van der Waals surface area contributed by atoms with E-state index >= 15 is 0 Å². The van der Waals surface area contributed by atoms with Crippen molar-refractivity contribution < 1.29 is 0 Å². The molecule has 0 spiro atoms. The Kier molecular flexibility index (Phi) is 3.80. The van der Waals surface area contributed by atoms with Crippen molar-refractivity contribution in [3.63, 3.8) is 0 Å². The Morgan fingerprint density at radius 2 is 2.00 bits per heavy atom. The highest BCUT2D eigenvalue weighted by molar-refractivity contribution is 7.80. The molecular weight excluding hydrogens is 236 g/mol. The standard InChI is InChI=1S/C12H10N2S2/c15-12(10-5-2-1-3-6-10)14-13-9-11-7-4-8-16-11/h1-9H,(H,14,15). The second-order valence-electron chi connectivity index (χ2n) is 3.08. The Balaban J connectivity index is 1.94.